The average Bonchev–Trinajstić information content (AvgIpc) is 3.45. The minimum Gasteiger partial charge on any atom is -0.480 e. The van der Waals surface area contributed by atoms with Crippen LogP contribution in [0.2, 0.25) is 0 Å². The van der Waals surface area contributed by atoms with Crippen LogP contribution in [0, 0.1) is 29.6 Å². The van der Waals surface area contributed by atoms with E-state index in [1.54, 1.807) is 23.1 Å². The Kier molecular flexibility index (Phi) is 3.74. The van der Waals surface area contributed by atoms with Gasteiger partial charge in [0, 0.05) is 20.9 Å². The van der Waals surface area contributed by atoms with Crippen molar-refractivity contribution in [2.24, 2.45) is 29.6 Å². The van der Waals surface area contributed by atoms with Gasteiger partial charge in [-0.3, -0.25) is 24.1 Å². The molecular weight excluding hydrogens is 432 g/mol. The lowest BCUT2D eigenvalue weighted by Gasteiger charge is -2.42. The number of carboxylic acids is 1. The second kappa shape index (κ2) is 6.05. The highest BCUT2D eigenvalue weighted by molar-refractivity contribution is 8.00. The lowest BCUT2D eigenvalue weighted by molar-refractivity contribution is -0.149. The third kappa shape index (κ3) is 2.30. The largest absolute Gasteiger partial charge is 0.480 e. The number of thiophene rings is 1. The third-order valence-corrected chi connectivity index (χ3v) is 10.5. The minimum absolute atomic E-state index is 0.0364. The number of imide groups is 1. The molecule has 7 nitrogen and oxygen atoms in total. The lowest BCUT2D eigenvalue weighted by Crippen LogP contribution is -2.42. The number of nitrogens with one attached hydrogen (secondary N) is 1. The summed E-state index contributed by atoms with van der Waals surface area (Å²) >= 11 is 4.54. The number of thioether (sulfide) groups is 1. The first-order chi connectivity index (χ1) is 14.0. The SMILES string of the molecule is O=C(O)CN1C(=O)[C@@H]2[C@@H]3C[C@@H]([C@H]2C1=O)[C@H]1[C@@H](c2cccs2)c2sc(=O)[nH]c2S[C@H]31. The highest BCUT2D eigenvalue weighted by Crippen LogP contribution is 2.68. The van der Waals surface area contributed by atoms with Gasteiger partial charge < -0.3 is 10.1 Å². The Morgan fingerprint density at radius 2 is 1.97 bits per heavy atom. The lowest BCUT2D eigenvalue weighted by atomic mass is 9.69. The van der Waals surface area contributed by atoms with Crippen LogP contribution in [-0.4, -0.2) is 44.6 Å². The Hall–Kier alpha value is -1.91. The number of amides is 2. The van der Waals surface area contributed by atoms with E-state index in [1.807, 2.05) is 11.4 Å². The summed E-state index contributed by atoms with van der Waals surface area (Å²) in [5.74, 6) is -2.36. The highest BCUT2D eigenvalue weighted by atomic mass is 32.2. The number of thiazole rings is 1. The maximum absolute atomic E-state index is 13.0. The number of aromatic nitrogens is 1. The normalized spacial score (nSPS) is 37.0. The van der Waals surface area contributed by atoms with Crippen molar-refractivity contribution in [2.75, 3.05) is 6.54 Å². The molecule has 2 aromatic rings. The van der Waals surface area contributed by atoms with E-state index in [2.05, 4.69) is 11.1 Å². The summed E-state index contributed by atoms with van der Waals surface area (Å²) in [6, 6.07) is 4.08. The van der Waals surface area contributed by atoms with Crippen LogP contribution in [0.5, 0.6) is 0 Å². The topological polar surface area (TPSA) is 108 Å². The molecule has 2 N–H and O–H groups in total. The quantitative estimate of drug-likeness (QED) is 0.696. The van der Waals surface area contributed by atoms with E-state index in [1.165, 1.54) is 16.2 Å². The minimum atomic E-state index is -1.16. The number of nitrogens with zero attached hydrogens (tertiary/aromatic N) is 1. The number of carbonyl (C=O) groups excluding carboxylic acids is 2. The van der Waals surface area contributed by atoms with E-state index < -0.39 is 24.3 Å². The molecule has 10 heteroatoms. The molecule has 2 aliphatic carbocycles. The zero-order valence-electron chi connectivity index (χ0n) is 14.9. The predicted octanol–water partition coefficient (Wildman–Crippen LogP) is 2.06. The van der Waals surface area contributed by atoms with Crippen LogP contribution in [0.15, 0.2) is 27.3 Å². The Balaban J connectivity index is 1.45. The van der Waals surface area contributed by atoms with Gasteiger partial charge >= 0.3 is 10.8 Å². The zero-order valence-corrected chi connectivity index (χ0v) is 17.4. The Morgan fingerprint density at radius 3 is 2.66 bits per heavy atom. The fourth-order valence-corrected chi connectivity index (χ4v) is 10.0. The smallest absolute Gasteiger partial charge is 0.323 e. The highest BCUT2D eigenvalue weighted by Gasteiger charge is 2.69. The van der Waals surface area contributed by atoms with Gasteiger partial charge in [-0.1, -0.05) is 17.4 Å². The van der Waals surface area contributed by atoms with Crippen molar-refractivity contribution in [3.63, 3.8) is 0 Å². The monoisotopic (exact) mass is 448 g/mol. The summed E-state index contributed by atoms with van der Waals surface area (Å²) in [5.41, 5.74) is 0. The molecule has 0 radical (unpaired) electrons. The van der Waals surface area contributed by atoms with Gasteiger partial charge in [0.1, 0.15) is 6.54 Å². The zero-order chi connectivity index (χ0) is 20.0. The van der Waals surface area contributed by atoms with Gasteiger partial charge in [0.25, 0.3) is 0 Å². The van der Waals surface area contributed by atoms with Crippen LogP contribution in [0.3, 0.4) is 0 Å². The van der Waals surface area contributed by atoms with Gasteiger partial charge in [-0.2, -0.15) is 0 Å². The van der Waals surface area contributed by atoms with Crippen LogP contribution in [0.1, 0.15) is 22.1 Å². The summed E-state index contributed by atoms with van der Waals surface area (Å²) in [6.07, 6.45) is 0.817. The van der Waals surface area contributed by atoms with Crippen LogP contribution in [-0.2, 0) is 14.4 Å². The number of hydrogen-bond acceptors (Lipinski definition) is 7. The number of carbonyl (C=O) groups is 3. The summed E-state index contributed by atoms with van der Waals surface area (Å²) in [6.45, 7) is -0.554. The molecule has 4 heterocycles. The molecule has 3 fully saturated rings. The van der Waals surface area contributed by atoms with Crippen LogP contribution in [0.4, 0.5) is 0 Å². The molecule has 150 valence electrons. The number of hydrogen-bond donors (Lipinski definition) is 2. The molecular formula is C19H16N2O5S3. The third-order valence-electron chi connectivity index (χ3n) is 6.96. The van der Waals surface area contributed by atoms with E-state index in [9.17, 15) is 19.2 Å². The number of aromatic amines is 1. The molecule has 29 heavy (non-hydrogen) atoms. The Labute approximate surface area is 177 Å². The van der Waals surface area contributed by atoms with E-state index in [-0.39, 0.29) is 45.6 Å². The molecule has 0 spiro atoms. The first-order valence-electron chi connectivity index (χ1n) is 9.45. The molecule has 2 bridgehead atoms. The summed E-state index contributed by atoms with van der Waals surface area (Å²) in [5, 5.41) is 12.2. The second-order valence-corrected chi connectivity index (χ2v) is 11.3. The summed E-state index contributed by atoms with van der Waals surface area (Å²) in [4.78, 5) is 55.3. The van der Waals surface area contributed by atoms with E-state index in [0.29, 0.717) is 0 Å². The number of rotatable bonds is 3. The van der Waals surface area contributed by atoms with Gasteiger partial charge in [-0.05, 0) is 35.6 Å². The molecule has 6 rings (SSSR count). The molecule has 0 unspecified atom stereocenters. The summed E-state index contributed by atoms with van der Waals surface area (Å²) in [7, 11) is 0. The second-order valence-electron chi connectivity index (χ2n) is 8.13. The van der Waals surface area contributed by atoms with E-state index in [4.69, 9.17) is 5.11 Å². The van der Waals surface area contributed by atoms with Crippen LogP contribution >= 0.6 is 34.4 Å². The fourth-order valence-electron chi connectivity index (χ4n) is 6.16. The molecule has 1 saturated heterocycles. The van der Waals surface area contributed by atoms with Crippen molar-refractivity contribution in [2.45, 2.75) is 22.6 Å². The molecule has 2 aromatic heterocycles. The molecule has 2 saturated carbocycles. The fraction of sp³-hybridized carbons (Fsp3) is 0.474. The predicted molar refractivity (Wildman–Crippen MR) is 107 cm³/mol. The first-order valence-corrected chi connectivity index (χ1v) is 12.0. The number of fused-ring (bicyclic) bond motifs is 9. The van der Waals surface area contributed by atoms with Gasteiger partial charge in [0.05, 0.1) is 16.9 Å². The number of aliphatic carboxylic acids is 1. The van der Waals surface area contributed by atoms with Crippen molar-refractivity contribution < 1.29 is 19.5 Å². The molecule has 2 amide bonds. The molecule has 4 aliphatic rings. The summed E-state index contributed by atoms with van der Waals surface area (Å²) < 4.78 is 0. The van der Waals surface area contributed by atoms with Crippen molar-refractivity contribution in [3.8, 4) is 0 Å². The van der Waals surface area contributed by atoms with Gasteiger partial charge in [0.15, 0.2) is 0 Å². The van der Waals surface area contributed by atoms with Crippen molar-refractivity contribution in [1.82, 2.24) is 9.88 Å². The van der Waals surface area contributed by atoms with Gasteiger partial charge in [0.2, 0.25) is 11.8 Å². The molecule has 0 aromatic carbocycles. The number of likely N-dealkylation sites (tertiary alicyclic amines) is 1. The van der Waals surface area contributed by atoms with Crippen molar-refractivity contribution in [1.29, 1.82) is 0 Å². The number of carboxylic acid groups (broad SMARTS) is 1. The van der Waals surface area contributed by atoms with Crippen molar-refractivity contribution in [3.05, 3.63) is 36.9 Å². The Bertz CT molecular complexity index is 1110. The van der Waals surface area contributed by atoms with Gasteiger partial charge in [-0.25, -0.2) is 0 Å². The van der Waals surface area contributed by atoms with Gasteiger partial charge in [-0.15, -0.1) is 23.1 Å². The first kappa shape index (κ1) is 17.9. The maximum Gasteiger partial charge on any atom is 0.323 e. The van der Waals surface area contributed by atoms with Crippen molar-refractivity contribution >= 4 is 52.2 Å². The standard InChI is InChI=1S/C19H16N2O5S3/c22-9(23)5-21-17(24)11-6-4-7(12(11)18(21)25)14-10(6)13(8-2-1-3-27-8)15-16(28-14)20-19(26)29-15/h1-3,6-7,10-14H,4-5H2,(H,20,26)(H,22,23)/t6-,7+,10+,11-,12-,13-,14-/m1/s1. The van der Waals surface area contributed by atoms with Crippen LogP contribution < -0.4 is 4.87 Å². The number of H-pyrrole nitrogens is 1. The average molecular weight is 449 g/mol. The van der Waals surface area contributed by atoms with E-state index in [0.717, 1.165) is 21.2 Å². The maximum atomic E-state index is 13.0. The molecule has 7 atom stereocenters. The molecule has 2 aliphatic heterocycles. The van der Waals surface area contributed by atoms with Crippen LogP contribution in [0.25, 0.3) is 0 Å². The Morgan fingerprint density at radius 1 is 1.21 bits per heavy atom. The van der Waals surface area contributed by atoms with E-state index >= 15 is 0 Å².